The van der Waals surface area contributed by atoms with Crippen LogP contribution in [0, 0.1) is 0 Å². The molecule has 0 bridgehead atoms. The minimum atomic E-state index is 0. The normalized spacial score (nSPS) is 10.2. The van der Waals surface area contributed by atoms with Gasteiger partial charge in [-0.15, -0.1) is 12.4 Å². The minimum Gasteiger partial charge on any atom is -0.493 e. The lowest BCUT2D eigenvalue weighted by Crippen LogP contribution is -2.01. The number of fused-ring (bicyclic) bond motifs is 1. The van der Waals surface area contributed by atoms with Crippen molar-refractivity contribution in [3.05, 3.63) is 47.8 Å². The first kappa shape index (κ1) is 22.4. The summed E-state index contributed by atoms with van der Waals surface area (Å²) in [4.78, 5) is 4.40. The van der Waals surface area contributed by atoms with Gasteiger partial charge in [0.05, 0.1) is 35.0 Å². The van der Waals surface area contributed by atoms with Crippen LogP contribution in [-0.4, -0.2) is 40.0 Å². The largest absolute Gasteiger partial charge is 0.493 e. The van der Waals surface area contributed by atoms with Crippen LogP contribution in [-0.2, 0) is 6.42 Å². The predicted molar refractivity (Wildman–Crippen MR) is 116 cm³/mol. The first-order chi connectivity index (χ1) is 13.7. The second-order valence-corrected chi connectivity index (χ2v) is 6.13. The molecule has 0 atom stereocenters. The first-order valence-corrected chi connectivity index (χ1v) is 9.02. The summed E-state index contributed by atoms with van der Waals surface area (Å²) in [5, 5.41) is 1.96. The fourth-order valence-corrected chi connectivity index (χ4v) is 3.31. The summed E-state index contributed by atoms with van der Waals surface area (Å²) in [6, 6.07) is 7.86. The van der Waals surface area contributed by atoms with Crippen LogP contribution in [0.25, 0.3) is 10.8 Å². The Morgan fingerprint density at radius 1 is 0.759 bits per heavy atom. The van der Waals surface area contributed by atoms with Gasteiger partial charge in [0.15, 0.2) is 23.0 Å². The van der Waals surface area contributed by atoms with E-state index >= 15 is 0 Å². The van der Waals surface area contributed by atoms with E-state index in [1.54, 1.807) is 34.6 Å². The molecule has 2 aromatic carbocycles. The van der Waals surface area contributed by atoms with Crippen LogP contribution >= 0.6 is 12.4 Å². The molecule has 1 aromatic heterocycles. The van der Waals surface area contributed by atoms with E-state index in [0.29, 0.717) is 41.8 Å². The van der Waals surface area contributed by atoms with Crippen molar-refractivity contribution in [1.29, 1.82) is 0 Å². The van der Waals surface area contributed by atoms with E-state index < -0.39 is 0 Å². The molecule has 3 aromatic rings. The van der Waals surface area contributed by atoms with E-state index in [1.807, 2.05) is 37.4 Å². The molecule has 0 unspecified atom stereocenters. The molecule has 156 valence electrons. The molecule has 0 aliphatic carbocycles. The molecule has 0 N–H and O–H groups in total. The highest BCUT2D eigenvalue weighted by molar-refractivity contribution is 5.92. The Hall–Kier alpha value is -2.86. The van der Waals surface area contributed by atoms with Crippen molar-refractivity contribution >= 4 is 23.2 Å². The zero-order valence-corrected chi connectivity index (χ0v) is 18.1. The fourth-order valence-electron chi connectivity index (χ4n) is 3.31. The summed E-state index contributed by atoms with van der Waals surface area (Å²) < 4.78 is 27.7. The number of hydrogen-bond acceptors (Lipinski definition) is 6. The number of halogens is 1. The Morgan fingerprint density at radius 3 is 1.97 bits per heavy atom. The third-order valence-corrected chi connectivity index (χ3v) is 4.57. The fraction of sp³-hybridized carbons (Fsp3) is 0.318. The molecule has 0 saturated heterocycles. The van der Waals surface area contributed by atoms with Gasteiger partial charge in [0.2, 0.25) is 5.75 Å². The number of benzene rings is 2. The van der Waals surface area contributed by atoms with Gasteiger partial charge in [-0.05, 0) is 48.1 Å². The van der Waals surface area contributed by atoms with Gasteiger partial charge in [0, 0.05) is 17.8 Å². The summed E-state index contributed by atoms with van der Waals surface area (Å²) in [5.74, 6) is 3.25. The van der Waals surface area contributed by atoms with E-state index in [9.17, 15) is 0 Å². The Kier molecular flexibility index (Phi) is 7.79. The SMILES string of the molecule is CCOc1c(OC)cc(Cc2cncc3c(OC)c(OC)ccc23)cc1OC.Cl. The van der Waals surface area contributed by atoms with Crippen LogP contribution in [0.5, 0.6) is 28.7 Å². The summed E-state index contributed by atoms with van der Waals surface area (Å²) in [6.45, 7) is 2.46. The molecule has 0 spiro atoms. The molecule has 29 heavy (non-hydrogen) atoms. The van der Waals surface area contributed by atoms with Gasteiger partial charge < -0.3 is 23.7 Å². The number of ether oxygens (including phenoxy) is 5. The predicted octanol–water partition coefficient (Wildman–Crippen LogP) is 4.68. The summed E-state index contributed by atoms with van der Waals surface area (Å²) in [7, 11) is 6.50. The van der Waals surface area contributed by atoms with Gasteiger partial charge in [-0.2, -0.15) is 0 Å². The highest BCUT2D eigenvalue weighted by atomic mass is 35.5. The topological polar surface area (TPSA) is 59.0 Å². The van der Waals surface area contributed by atoms with Crippen LogP contribution in [0.1, 0.15) is 18.1 Å². The van der Waals surface area contributed by atoms with E-state index in [-0.39, 0.29) is 12.4 Å². The lowest BCUT2D eigenvalue weighted by molar-refractivity contribution is 0.288. The van der Waals surface area contributed by atoms with Gasteiger partial charge >= 0.3 is 0 Å². The maximum absolute atomic E-state index is 5.69. The average molecular weight is 420 g/mol. The average Bonchev–Trinajstić information content (AvgIpc) is 2.73. The van der Waals surface area contributed by atoms with Crippen LogP contribution in [0.15, 0.2) is 36.7 Å². The molecule has 6 nitrogen and oxygen atoms in total. The van der Waals surface area contributed by atoms with Crippen molar-refractivity contribution in [3.8, 4) is 28.7 Å². The zero-order valence-electron chi connectivity index (χ0n) is 17.3. The highest BCUT2D eigenvalue weighted by Gasteiger charge is 2.16. The van der Waals surface area contributed by atoms with E-state index in [4.69, 9.17) is 23.7 Å². The number of hydrogen-bond donors (Lipinski definition) is 0. The van der Waals surface area contributed by atoms with E-state index in [2.05, 4.69) is 4.98 Å². The van der Waals surface area contributed by atoms with Gasteiger partial charge in [0.25, 0.3) is 0 Å². The maximum atomic E-state index is 5.69. The van der Waals surface area contributed by atoms with Crippen LogP contribution < -0.4 is 23.7 Å². The molecular weight excluding hydrogens is 394 g/mol. The molecule has 0 aliphatic rings. The highest BCUT2D eigenvalue weighted by Crippen LogP contribution is 2.40. The molecular formula is C22H26ClNO5. The van der Waals surface area contributed by atoms with E-state index in [0.717, 1.165) is 21.9 Å². The minimum absolute atomic E-state index is 0. The standard InChI is InChI=1S/C22H25NO5.ClH/c1-6-28-22-19(25-3)10-14(11-20(22)26-4)9-15-12-23-13-17-16(15)7-8-18(24-2)21(17)27-5;/h7-8,10-13H,6,9H2,1-5H3;1H. The lowest BCUT2D eigenvalue weighted by atomic mass is 9.99. The monoisotopic (exact) mass is 419 g/mol. The quantitative estimate of drug-likeness (QED) is 0.528. The van der Waals surface area contributed by atoms with Gasteiger partial charge in [-0.3, -0.25) is 4.98 Å². The number of aromatic nitrogens is 1. The van der Waals surface area contributed by atoms with Gasteiger partial charge in [-0.1, -0.05) is 6.07 Å². The lowest BCUT2D eigenvalue weighted by Gasteiger charge is -2.16. The Bertz CT molecular complexity index is 952. The molecule has 7 heteroatoms. The maximum Gasteiger partial charge on any atom is 0.203 e. The van der Waals surface area contributed by atoms with Crippen LogP contribution in [0.4, 0.5) is 0 Å². The molecule has 0 radical (unpaired) electrons. The van der Waals surface area contributed by atoms with Crippen molar-refractivity contribution in [3.63, 3.8) is 0 Å². The second kappa shape index (κ2) is 10.1. The van der Waals surface area contributed by atoms with Crippen molar-refractivity contribution in [2.75, 3.05) is 35.0 Å². The summed E-state index contributed by atoms with van der Waals surface area (Å²) in [6.07, 6.45) is 4.31. The van der Waals surface area contributed by atoms with E-state index in [1.165, 1.54) is 0 Å². The molecule has 0 fully saturated rings. The zero-order chi connectivity index (χ0) is 20.1. The number of pyridine rings is 1. The summed E-state index contributed by atoms with van der Waals surface area (Å²) >= 11 is 0. The number of methoxy groups -OCH3 is 4. The van der Waals surface area contributed by atoms with Crippen LogP contribution in [0.3, 0.4) is 0 Å². The molecule has 0 aliphatic heterocycles. The van der Waals surface area contributed by atoms with Gasteiger partial charge in [-0.25, -0.2) is 0 Å². The van der Waals surface area contributed by atoms with Crippen molar-refractivity contribution in [1.82, 2.24) is 4.98 Å². The third kappa shape index (κ3) is 4.43. The first-order valence-electron chi connectivity index (χ1n) is 9.02. The molecule has 0 saturated carbocycles. The Labute approximate surface area is 177 Å². The summed E-state index contributed by atoms with van der Waals surface area (Å²) in [5.41, 5.74) is 2.09. The molecule has 3 rings (SSSR count). The number of nitrogens with zero attached hydrogens (tertiary/aromatic N) is 1. The molecule has 0 amide bonds. The number of rotatable bonds is 8. The van der Waals surface area contributed by atoms with Crippen molar-refractivity contribution in [2.24, 2.45) is 0 Å². The third-order valence-electron chi connectivity index (χ3n) is 4.57. The molecule has 1 heterocycles. The Morgan fingerprint density at radius 2 is 1.41 bits per heavy atom. The Balaban J connectivity index is 0.00000300. The second-order valence-electron chi connectivity index (χ2n) is 6.13. The smallest absolute Gasteiger partial charge is 0.203 e. The van der Waals surface area contributed by atoms with Crippen LogP contribution in [0.2, 0.25) is 0 Å². The van der Waals surface area contributed by atoms with Crippen molar-refractivity contribution < 1.29 is 23.7 Å². The van der Waals surface area contributed by atoms with Crippen molar-refractivity contribution in [2.45, 2.75) is 13.3 Å². The van der Waals surface area contributed by atoms with Gasteiger partial charge in [0.1, 0.15) is 0 Å².